The third kappa shape index (κ3) is 7.10. The van der Waals surface area contributed by atoms with Crippen molar-refractivity contribution in [3.05, 3.63) is 95.6 Å². The normalized spacial score (nSPS) is 14.5. The molecule has 2 amide bonds. The first-order chi connectivity index (χ1) is 19.2. The summed E-state index contributed by atoms with van der Waals surface area (Å²) in [5.41, 5.74) is 3.28. The molecule has 1 saturated carbocycles. The van der Waals surface area contributed by atoms with Gasteiger partial charge in [0.25, 0.3) is 10.0 Å². The summed E-state index contributed by atoms with van der Waals surface area (Å²) in [7, 11) is -4.06. The molecule has 0 radical (unpaired) electrons. The summed E-state index contributed by atoms with van der Waals surface area (Å²) in [5.74, 6) is -0.629. The van der Waals surface area contributed by atoms with Crippen molar-refractivity contribution in [2.75, 3.05) is 10.8 Å². The van der Waals surface area contributed by atoms with Crippen LogP contribution in [0, 0.1) is 13.8 Å². The largest absolute Gasteiger partial charge is 0.352 e. The van der Waals surface area contributed by atoms with Crippen LogP contribution in [0.4, 0.5) is 5.69 Å². The highest BCUT2D eigenvalue weighted by Crippen LogP contribution is 2.25. The summed E-state index contributed by atoms with van der Waals surface area (Å²) in [6.07, 6.45) is 4.44. The highest BCUT2D eigenvalue weighted by molar-refractivity contribution is 7.92. The quantitative estimate of drug-likeness (QED) is 0.341. The van der Waals surface area contributed by atoms with Crippen LogP contribution < -0.4 is 9.62 Å². The molecule has 0 heterocycles. The predicted molar refractivity (Wildman–Crippen MR) is 158 cm³/mol. The minimum Gasteiger partial charge on any atom is -0.352 e. The van der Waals surface area contributed by atoms with Crippen molar-refractivity contribution in [2.24, 2.45) is 0 Å². The third-order valence-corrected chi connectivity index (χ3v) is 9.28. The number of sulfonamides is 1. The van der Waals surface area contributed by atoms with Crippen LogP contribution in [0.25, 0.3) is 0 Å². The zero-order chi connectivity index (χ0) is 28.7. The molecule has 3 aromatic rings. The Morgan fingerprint density at radius 1 is 0.875 bits per heavy atom. The van der Waals surface area contributed by atoms with Gasteiger partial charge in [-0.1, -0.05) is 85.5 Å². The zero-order valence-corrected chi connectivity index (χ0v) is 24.4. The van der Waals surface area contributed by atoms with Crippen molar-refractivity contribution in [3.8, 4) is 0 Å². The second kappa shape index (κ2) is 13.1. The first kappa shape index (κ1) is 29.3. The Morgan fingerprint density at radius 2 is 1.45 bits per heavy atom. The molecule has 1 aliphatic rings. The molecule has 0 unspecified atom stereocenters. The Morgan fingerprint density at radius 3 is 2.02 bits per heavy atom. The number of nitrogens with zero attached hydrogens (tertiary/aromatic N) is 2. The van der Waals surface area contributed by atoms with Gasteiger partial charge in [0, 0.05) is 12.6 Å². The van der Waals surface area contributed by atoms with E-state index in [1.807, 2.05) is 45.0 Å². The van der Waals surface area contributed by atoms with E-state index in [1.165, 1.54) is 4.90 Å². The molecule has 1 N–H and O–H groups in total. The van der Waals surface area contributed by atoms with Crippen LogP contribution in [0.15, 0.2) is 83.8 Å². The number of hydrogen-bond donors (Lipinski definition) is 1. The van der Waals surface area contributed by atoms with Gasteiger partial charge in [0.05, 0.1) is 10.6 Å². The molecule has 3 aromatic carbocycles. The van der Waals surface area contributed by atoms with Crippen LogP contribution >= 0.6 is 0 Å². The van der Waals surface area contributed by atoms with Gasteiger partial charge in [0.2, 0.25) is 11.8 Å². The number of aryl methyl sites for hydroxylation is 2. The number of benzene rings is 3. The summed E-state index contributed by atoms with van der Waals surface area (Å²) in [4.78, 5) is 29.2. The molecule has 0 bridgehead atoms. The van der Waals surface area contributed by atoms with Crippen molar-refractivity contribution in [1.82, 2.24) is 10.2 Å². The molecule has 7 nitrogen and oxygen atoms in total. The van der Waals surface area contributed by atoms with E-state index in [4.69, 9.17) is 0 Å². The SMILES string of the molecule is CC[C@H](C(=O)NC1CCCC1)N(Cc1ccc(C)cc1)C(=O)CN(c1ccccc1)S(=O)(=O)c1ccc(C)cc1. The number of para-hydroxylation sites is 1. The van der Waals surface area contributed by atoms with Gasteiger partial charge in [0.1, 0.15) is 12.6 Å². The lowest BCUT2D eigenvalue weighted by Gasteiger charge is -2.33. The average Bonchev–Trinajstić information content (AvgIpc) is 3.46. The lowest BCUT2D eigenvalue weighted by atomic mass is 10.1. The zero-order valence-electron chi connectivity index (χ0n) is 23.5. The number of rotatable bonds is 11. The Hall–Kier alpha value is -3.65. The highest BCUT2D eigenvalue weighted by atomic mass is 32.2. The number of amides is 2. The molecular weight excluding hydrogens is 522 g/mol. The fourth-order valence-corrected chi connectivity index (χ4v) is 6.55. The number of hydrogen-bond acceptors (Lipinski definition) is 4. The smallest absolute Gasteiger partial charge is 0.264 e. The Labute approximate surface area is 238 Å². The predicted octanol–water partition coefficient (Wildman–Crippen LogP) is 5.36. The fraction of sp³-hybridized carbons (Fsp3) is 0.375. The molecule has 0 saturated heterocycles. The molecule has 0 aliphatic heterocycles. The van der Waals surface area contributed by atoms with Crippen molar-refractivity contribution < 1.29 is 18.0 Å². The number of carbonyl (C=O) groups excluding carboxylic acids is 2. The number of nitrogens with one attached hydrogen (secondary N) is 1. The molecule has 0 spiro atoms. The summed E-state index contributed by atoms with van der Waals surface area (Å²) < 4.78 is 28.9. The van der Waals surface area contributed by atoms with Gasteiger partial charge in [-0.2, -0.15) is 0 Å². The van der Waals surface area contributed by atoms with Gasteiger partial charge in [-0.25, -0.2) is 8.42 Å². The topological polar surface area (TPSA) is 86.8 Å². The summed E-state index contributed by atoms with van der Waals surface area (Å²) in [6.45, 7) is 5.53. The lowest BCUT2D eigenvalue weighted by molar-refractivity contribution is -0.140. The van der Waals surface area contributed by atoms with Crippen LogP contribution in [0.2, 0.25) is 0 Å². The van der Waals surface area contributed by atoms with E-state index in [9.17, 15) is 18.0 Å². The van der Waals surface area contributed by atoms with Crippen LogP contribution in [0.1, 0.15) is 55.7 Å². The number of anilines is 1. The maximum Gasteiger partial charge on any atom is 0.264 e. The Bertz CT molecular complexity index is 1380. The van der Waals surface area contributed by atoms with E-state index < -0.39 is 28.5 Å². The van der Waals surface area contributed by atoms with Gasteiger partial charge in [0.15, 0.2) is 0 Å². The van der Waals surface area contributed by atoms with Crippen molar-refractivity contribution in [2.45, 2.75) is 76.4 Å². The van der Waals surface area contributed by atoms with Gasteiger partial charge in [-0.3, -0.25) is 13.9 Å². The monoisotopic (exact) mass is 561 g/mol. The van der Waals surface area contributed by atoms with E-state index >= 15 is 0 Å². The summed E-state index contributed by atoms with van der Waals surface area (Å²) in [6, 6.07) is 22.4. The van der Waals surface area contributed by atoms with Crippen molar-refractivity contribution in [1.29, 1.82) is 0 Å². The minimum absolute atomic E-state index is 0.103. The van der Waals surface area contributed by atoms with Gasteiger partial charge < -0.3 is 10.2 Å². The molecule has 1 aliphatic carbocycles. The standard InChI is InChI=1S/C32H39N3O4S/c1-4-30(32(37)33-27-10-8-9-11-27)34(22-26-18-14-24(2)15-19-26)31(36)23-35(28-12-6-5-7-13-28)40(38,39)29-20-16-25(3)17-21-29/h5-7,12-21,27,30H,4,8-11,22-23H2,1-3H3,(H,33,37)/t30-/m1/s1. The first-order valence-electron chi connectivity index (χ1n) is 14.0. The summed E-state index contributed by atoms with van der Waals surface area (Å²) >= 11 is 0. The molecular formula is C32H39N3O4S. The average molecular weight is 562 g/mol. The van der Waals surface area contributed by atoms with Gasteiger partial charge in [-0.15, -0.1) is 0 Å². The molecule has 1 fully saturated rings. The van der Waals surface area contributed by atoms with E-state index in [2.05, 4.69) is 5.32 Å². The molecule has 212 valence electrons. The molecule has 1 atom stereocenters. The van der Waals surface area contributed by atoms with Gasteiger partial charge >= 0.3 is 0 Å². The maximum atomic E-state index is 14.1. The lowest BCUT2D eigenvalue weighted by Crippen LogP contribution is -2.53. The van der Waals surface area contributed by atoms with E-state index in [-0.39, 0.29) is 23.4 Å². The maximum absolute atomic E-state index is 14.1. The molecule has 0 aromatic heterocycles. The fourth-order valence-electron chi connectivity index (χ4n) is 5.14. The van der Waals surface area contributed by atoms with Crippen molar-refractivity contribution >= 4 is 27.5 Å². The number of carbonyl (C=O) groups is 2. The van der Waals surface area contributed by atoms with Crippen molar-refractivity contribution in [3.63, 3.8) is 0 Å². The van der Waals surface area contributed by atoms with Crippen LogP contribution in [0.3, 0.4) is 0 Å². The highest BCUT2D eigenvalue weighted by Gasteiger charge is 2.34. The second-order valence-corrected chi connectivity index (χ2v) is 12.4. The van der Waals surface area contributed by atoms with E-state index in [0.717, 1.165) is 46.7 Å². The van der Waals surface area contributed by atoms with Gasteiger partial charge in [-0.05, 0) is 62.9 Å². The Balaban J connectivity index is 1.68. The molecule has 4 rings (SSSR count). The Kier molecular flexibility index (Phi) is 9.63. The second-order valence-electron chi connectivity index (χ2n) is 10.6. The van der Waals surface area contributed by atoms with Crippen LogP contribution in [0.5, 0.6) is 0 Å². The first-order valence-corrected chi connectivity index (χ1v) is 15.4. The third-order valence-electron chi connectivity index (χ3n) is 7.49. The molecule has 40 heavy (non-hydrogen) atoms. The van der Waals surface area contributed by atoms with Crippen LogP contribution in [-0.2, 0) is 26.2 Å². The van der Waals surface area contributed by atoms with Crippen LogP contribution in [-0.4, -0.2) is 43.8 Å². The minimum atomic E-state index is -4.06. The summed E-state index contributed by atoms with van der Waals surface area (Å²) in [5, 5.41) is 3.14. The van der Waals surface area contributed by atoms with E-state index in [0.29, 0.717) is 12.1 Å². The molecule has 8 heteroatoms. The van der Waals surface area contributed by atoms with E-state index in [1.54, 1.807) is 54.6 Å².